The van der Waals surface area contributed by atoms with Crippen LogP contribution in [0.15, 0.2) is 21.8 Å². The fraction of sp³-hybridized carbons (Fsp3) is 0.737. The Morgan fingerprint density at radius 3 is 2.65 bits per heavy atom. The molecule has 0 aliphatic carbocycles. The molecular weight excluding hydrogens is 457 g/mol. The van der Waals surface area contributed by atoms with E-state index in [0.29, 0.717) is 6.04 Å². The second-order valence-corrected chi connectivity index (χ2v) is 7.54. The molecule has 0 amide bonds. The van der Waals surface area contributed by atoms with Crippen LogP contribution in [-0.2, 0) is 6.54 Å². The van der Waals surface area contributed by atoms with Crippen molar-refractivity contribution >= 4 is 41.3 Å². The topological polar surface area (TPSA) is 42.9 Å². The number of likely N-dealkylation sites (tertiary alicyclic amines) is 1. The second-order valence-electron chi connectivity index (χ2n) is 6.76. The summed E-state index contributed by atoms with van der Waals surface area (Å²) in [5.74, 6) is 0.948. The summed E-state index contributed by atoms with van der Waals surface area (Å²) >= 11 is 1.79. The third-order valence-electron chi connectivity index (χ3n) is 4.85. The van der Waals surface area contributed by atoms with Crippen LogP contribution < -0.4 is 10.6 Å². The van der Waals surface area contributed by atoms with Gasteiger partial charge in [0.05, 0.1) is 0 Å². The number of thiophene rings is 1. The number of nitrogens with one attached hydrogen (secondary N) is 2. The SMILES string of the molecule is CCCN(CC)CCNC(=NC)NC1CCN(Cc2ccsc2)CC1.I. The van der Waals surface area contributed by atoms with Gasteiger partial charge in [-0.2, -0.15) is 11.3 Å². The molecule has 0 aromatic carbocycles. The lowest BCUT2D eigenvalue weighted by Crippen LogP contribution is -2.49. The summed E-state index contributed by atoms with van der Waals surface area (Å²) in [5.41, 5.74) is 1.45. The Hall–Kier alpha value is -0.380. The van der Waals surface area contributed by atoms with Gasteiger partial charge in [-0.05, 0) is 54.7 Å². The van der Waals surface area contributed by atoms with Crippen LogP contribution in [0.25, 0.3) is 0 Å². The van der Waals surface area contributed by atoms with Gasteiger partial charge in [-0.15, -0.1) is 24.0 Å². The van der Waals surface area contributed by atoms with Gasteiger partial charge in [0.25, 0.3) is 0 Å². The van der Waals surface area contributed by atoms with Crippen LogP contribution in [0.1, 0.15) is 38.7 Å². The average molecular weight is 494 g/mol. The molecule has 0 atom stereocenters. The number of nitrogens with zero attached hydrogens (tertiary/aromatic N) is 3. The summed E-state index contributed by atoms with van der Waals surface area (Å²) in [7, 11) is 1.87. The molecule has 1 aliphatic rings. The van der Waals surface area contributed by atoms with E-state index in [-0.39, 0.29) is 24.0 Å². The Balaban J connectivity index is 0.00000338. The zero-order valence-electron chi connectivity index (χ0n) is 16.5. The predicted octanol–water partition coefficient (Wildman–Crippen LogP) is 3.23. The van der Waals surface area contributed by atoms with Crippen molar-refractivity contribution in [1.29, 1.82) is 0 Å². The molecule has 2 N–H and O–H groups in total. The quantitative estimate of drug-likeness (QED) is 0.315. The maximum absolute atomic E-state index is 4.39. The van der Waals surface area contributed by atoms with E-state index >= 15 is 0 Å². The van der Waals surface area contributed by atoms with E-state index < -0.39 is 0 Å². The van der Waals surface area contributed by atoms with Crippen molar-refractivity contribution in [2.24, 2.45) is 4.99 Å². The number of hydrogen-bond acceptors (Lipinski definition) is 4. The van der Waals surface area contributed by atoms with Crippen molar-refractivity contribution in [2.45, 2.75) is 45.7 Å². The van der Waals surface area contributed by atoms with E-state index in [1.807, 2.05) is 7.05 Å². The molecule has 0 bridgehead atoms. The lowest BCUT2D eigenvalue weighted by molar-refractivity contribution is 0.198. The smallest absolute Gasteiger partial charge is 0.191 e. The van der Waals surface area contributed by atoms with Crippen LogP contribution >= 0.6 is 35.3 Å². The third-order valence-corrected chi connectivity index (χ3v) is 5.58. The first-order chi connectivity index (χ1) is 12.2. The van der Waals surface area contributed by atoms with Gasteiger partial charge < -0.3 is 15.5 Å². The minimum Gasteiger partial charge on any atom is -0.355 e. The molecule has 1 saturated heterocycles. The lowest BCUT2D eigenvalue weighted by Gasteiger charge is -2.33. The van der Waals surface area contributed by atoms with Crippen LogP contribution in [-0.4, -0.2) is 68.1 Å². The van der Waals surface area contributed by atoms with Crippen molar-refractivity contribution in [3.8, 4) is 0 Å². The van der Waals surface area contributed by atoms with Crippen molar-refractivity contribution < 1.29 is 0 Å². The molecule has 7 heteroatoms. The van der Waals surface area contributed by atoms with E-state index in [2.05, 4.69) is 56.1 Å². The molecule has 1 aliphatic heterocycles. The van der Waals surface area contributed by atoms with E-state index in [1.54, 1.807) is 11.3 Å². The predicted molar refractivity (Wildman–Crippen MR) is 125 cm³/mol. The zero-order valence-corrected chi connectivity index (χ0v) is 19.7. The van der Waals surface area contributed by atoms with Crippen LogP contribution in [0.2, 0.25) is 0 Å². The number of aliphatic imine (C=N–C) groups is 1. The third kappa shape index (κ3) is 8.54. The first kappa shape index (κ1) is 23.7. The summed E-state index contributed by atoms with van der Waals surface area (Å²) in [6.45, 7) is 12.2. The lowest BCUT2D eigenvalue weighted by atomic mass is 10.0. The molecule has 0 spiro atoms. The molecule has 5 nitrogen and oxygen atoms in total. The molecule has 150 valence electrons. The van der Waals surface area contributed by atoms with Gasteiger partial charge in [0.2, 0.25) is 0 Å². The van der Waals surface area contributed by atoms with E-state index in [1.165, 1.54) is 31.4 Å². The maximum atomic E-state index is 4.39. The molecule has 1 aromatic heterocycles. The summed E-state index contributed by atoms with van der Waals surface area (Å²) in [6.07, 6.45) is 3.58. The van der Waals surface area contributed by atoms with E-state index in [9.17, 15) is 0 Å². The minimum absolute atomic E-state index is 0. The monoisotopic (exact) mass is 493 g/mol. The Labute approximate surface area is 180 Å². The fourth-order valence-electron chi connectivity index (χ4n) is 3.34. The highest BCUT2D eigenvalue weighted by Gasteiger charge is 2.20. The highest BCUT2D eigenvalue weighted by atomic mass is 127. The summed E-state index contributed by atoms with van der Waals surface area (Å²) in [4.78, 5) is 9.43. The van der Waals surface area contributed by atoms with Gasteiger partial charge in [0.15, 0.2) is 5.96 Å². The molecular formula is C19H36IN5S. The maximum Gasteiger partial charge on any atom is 0.191 e. The van der Waals surface area contributed by atoms with Crippen LogP contribution in [0.4, 0.5) is 0 Å². The highest BCUT2D eigenvalue weighted by molar-refractivity contribution is 14.0. The van der Waals surface area contributed by atoms with E-state index in [0.717, 1.165) is 45.2 Å². The number of hydrogen-bond donors (Lipinski definition) is 2. The number of rotatable bonds is 9. The average Bonchev–Trinajstić information content (AvgIpc) is 3.14. The van der Waals surface area contributed by atoms with Crippen molar-refractivity contribution in [3.05, 3.63) is 22.4 Å². The molecule has 0 saturated carbocycles. The fourth-order valence-corrected chi connectivity index (χ4v) is 4.00. The first-order valence-corrected chi connectivity index (χ1v) is 10.6. The van der Waals surface area contributed by atoms with Gasteiger partial charge in [-0.1, -0.05) is 13.8 Å². The van der Waals surface area contributed by atoms with Gasteiger partial charge in [-0.25, -0.2) is 0 Å². The molecule has 26 heavy (non-hydrogen) atoms. The van der Waals surface area contributed by atoms with Crippen molar-refractivity contribution in [3.63, 3.8) is 0 Å². The minimum atomic E-state index is 0. The van der Waals surface area contributed by atoms with Crippen LogP contribution in [0.5, 0.6) is 0 Å². The summed E-state index contributed by atoms with van der Waals surface area (Å²) in [6, 6.07) is 2.77. The molecule has 0 unspecified atom stereocenters. The Bertz CT molecular complexity index is 486. The van der Waals surface area contributed by atoms with Gasteiger partial charge in [0.1, 0.15) is 0 Å². The van der Waals surface area contributed by atoms with Crippen molar-refractivity contribution in [2.75, 3.05) is 46.3 Å². The van der Waals surface area contributed by atoms with Crippen LogP contribution in [0, 0.1) is 0 Å². The largest absolute Gasteiger partial charge is 0.355 e. The highest BCUT2D eigenvalue weighted by Crippen LogP contribution is 2.15. The Morgan fingerprint density at radius 1 is 1.31 bits per heavy atom. The molecule has 0 radical (unpaired) electrons. The normalized spacial score (nSPS) is 16.5. The number of piperidine rings is 1. The number of likely N-dealkylation sites (N-methyl/N-ethyl adjacent to an activating group) is 1. The summed E-state index contributed by atoms with van der Waals surface area (Å²) < 4.78 is 0. The number of halogens is 1. The number of guanidine groups is 1. The first-order valence-electron chi connectivity index (χ1n) is 9.68. The molecule has 2 heterocycles. The Morgan fingerprint density at radius 2 is 2.08 bits per heavy atom. The van der Waals surface area contributed by atoms with Gasteiger partial charge in [0, 0.05) is 45.8 Å². The van der Waals surface area contributed by atoms with Gasteiger partial charge in [-0.3, -0.25) is 9.89 Å². The summed E-state index contributed by atoms with van der Waals surface area (Å²) in [5, 5.41) is 11.5. The molecule has 1 aromatic rings. The molecule has 2 rings (SSSR count). The van der Waals surface area contributed by atoms with Crippen LogP contribution in [0.3, 0.4) is 0 Å². The molecule has 1 fully saturated rings. The van der Waals surface area contributed by atoms with Gasteiger partial charge >= 0.3 is 0 Å². The Kier molecular flexibility index (Phi) is 12.5. The zero-order chi connectivity index (χ0) is 17.9. The van der Waals surface area contributed by atoms with Crippen molar-refractivity contribution in [1.82, 2.24) is 20.4 Å². The standard InChI is InChI=1S/C19H35N5S.HI/c1-4-10-23(5-2)13-9-21-19(20-3)22-18-6-11-24(12-7-18)15-17-8-14-25-16-17;/h8,14,16,18H,4-7,9-13,15H2,1-3H3,(H2,20,21,22);1H. The second kappa shape index (κ2) is 13.7. The van der Waals surface area contributed by atoms with E-state index in [4.69, 9.17) is 0 Å².